The van der Waals surface area contributed by atoms with Gasteiger partial charge in [0.05, 0.1) is 10.0 Å². The zero-order valence-corrected chi connectivity index (χ0v) is 11.5. The van der Waals surface area contributed by atoms with E-state index in [2.05, 4.69) is 6.58 Å². The summed E-state index contributed by atoms with van der Waals surface area (Å²) in [5.74, 6) is 0.357. The van der Waals surface area contributed by atoms with E-state index in [0.717, 1.165) is 5.57 Å². The predicted octanol–water partition coefficient (Wildman–Crippen LogP) is 4.77. The molecular formula is C14H14Cl2O2. The number of phenols is 1. The zero-order chi connectivity index (χ0) is 13.5. The molecule has 0 atom stereocenters. The molecule has 0 saturated carbocycles. The first kappa shape index (κ1) is 14.7. The van der Waals surface area contributed by atoms with E-state index in [1.807, 2.05) is 25.2 Å². The number of aromatic hydroxyl groups is 1. The molecule has 0 aromatic heterocycles. The zero-order valence-electron chi connectivity index (χ0n) is 9.99. The van der Waals surface area contributed by atoms with Crippen LogP contribution in [0, 0.1) is 0 Å². The number of allylic oxidation sites excluding steroid dienone is 3. The van der Waals surface area contributed by atoms with Crippen LogP contribution in [0.5, 0.6) is 11.5 Å². The van der Waals surface area contributed by atoms with Crippen molar-refractivity contribution in [3.05, 3.63) is 58.6 Å². The summed E-state index contributed by atoms with van der Waals surface area (Å²) in [6.45, 7) is 5.98. The lowest BCUT2D eigenvalue weighted by Gasteiger charge is -2.08. The van der Waals surface area contributed by atoms with E-state index in [1.54, 1.807) is 6.08 Å². The van der Waals surface area contributed by atoms with Crippen LogP contribution in [0.3, 0.4) is 0 Å². The Morgan fingerprint density at radius 3 is 2.50 bits per heavy atom. The number of benzene rings is 1. The first-order chi connectivity index (χ1) is 8.58. The highest BCUT2D eigenvalue weighted by molar-refractivity contribution is 6.37. The van der Waals surface area contributed by atoms with Gasteiger partial charge in [-0.15, -0.1) is 0 Å². The van der Waals surface area contributed by atoms with E-state index in [4.69, 9.17) is 27.9 Å². The summed E-state index contributed by atoms with van der Waals surface area (Å²) in [4.78, 5) is 0. The quantitative estimate of drug-likeness (QED) is 0.790. The monoisotopic (exact) mass is 284 g/mol. The van der Waals surface area contributed by atoms with Crippen molar-refractivity contribution in [2.24, 2.45) is 0 Å². The number of halogens is 2. The maximum absolute atomic E-state index is 9.41. The van der Waals surface area contributed by atoms with Crippen LogP contribution in [0.2, 0.25) is 10.0 Å². The molecule has 96 valence electrons. The van der Waals surface area contributed by atoms with Crippen molar-refractivity contribution in [1.82, 2.24) is 0 Å². The molecule has 1 aromatic carbocycles. The molecule has 1 aromatic rings. The largest absolute Gasteiger partial charge is 0.505 e. The van der Waals surface area contributed by atoms with Crippen molar-refractivity contribution in [1.29, 1.82) is 0 Å². The number of hydrogen-bond donors (Lipinski definition) is 1. The number of phenolic OH excluding ortho intramolecular Hbond substituents is 1. The molecule has 1 rings (SSSR count). The number of rotatable bonds is 5. The fourth-order valence-electron chi connectivity index (χ4n) is 1.19. The Morgan fingerprint density at radius 2 is 2.00 bits per heavy atom. The minimum absolute atomic E-state index is 0.140. The van der Waals surface area contributed by atoms with Gasteiger partial charge in [-0.25, -0.2) is 0 Å². The lowest BCUT2D eigenvalue weighted by molar-refractivity contribution is 0.354. The van der Waals surface area contributed by atoms with Crippen molar-refractivity contribution in [3.8, 4) is 11.5 Å². The molecule has 0 spiro atoms. The van der Waals surface area contributed by atoms with Crippen LogP contribution >= 0.6 is 23.2 Å². The molecule has 0 unspecified atom stereocenters. The van der Waals surface area contributed by atoms with E-state index in [-0.39, 0.29) is 15.8 Å². The molecule has 0 aliphatic carbocycles. The Balaban J connectivity index is 2.77. The van der Waals surface area contributed by atoms with Gasteiger partial charge in [-0.05, 0) is 12.5 Å². The molecule has 0 aliphatic rings. The van der Waals surface area contributed by atoms with Gasteiger partial charge in [0.2, 0.25) is 0 Å². The van der Waals surface area contributed by atoms with E-state index in [9.17, 15) is 5.11 Å². The van der Waals surface area contributed by atoms with Crippen LogP contribution in [-0.4, -0.2) is 11.7 Å². The van der Waals surface area contributed by atoms with Crippen molar-refractivity contribution < 1.29 is 9.84 Å². The summed E-state index contributed by atoms with van der Waals surface area (Å²) < 4.78 is 5.52. The molecule has 0 amide bonds. The molecule has 18 heavy (non-hydrogen) atoms. The minimum Gasteiger partial charge on any atom is -0.505 e. The van der Waals surface area contributed by atoms with Crippen LogP contribution in [0.15, 0.2) is 48.6 Å². The summed E-state index contributed by atoms with van der Waals surface area (Å²) >= 11 is 11.6. The Hall–Kier alpha value is -1.38. The van der Waals surface area contributed by atoms with E-state index < -0.39 is 0 Å². The molecule has 0 fully saturated rings. The summed E-state index contributed by atoms with van der Waals surface area (Å²) in [6.07, 6.45) is 7.43. The molecule has 0 bridgehead atoms. The smallest absolute Gasteiger partial charge is 0.153 e. The fraction of sp³-hybridized carbons (Fsp3) is 0.143. The maximum atomic E-state index is 9.41. The van der Waals surface area contributed by atoms with Crippen LogP contribution < -0.4 is 4.74 Å². The van der Waals surface area contributed by atoms with Gasteiger partial charge >= 0.3 is 0 Å². The summed E-state index contributed by atoms with van der Waals surface area (Å²) in [7, 11) is 0. The van der Waals surface area contributed by atoms with Gasteiger partial charge in [-0.2, -0.15) is 0 Å². The normalized spacial score (nSPS) is 11.8. The molecule has 0 radical (unpaired) electrons. The second-order valence-corrected chi connectivity index (χ2v) is 4.31. The number of hydrogen-bond acceptors (Lipinski definition) is 2. The molecular weight excluding hydrogens is 271 g/mol. The second-order valence-electron chi connectivity index (χ2n) is 3.50. The van der Waals surface area contributed by atoms with Crippen molar-refractivity contribution >= 4 is 23.2 Å². The van der Waals surface area contributed by atoms with E-state index >= 15 is 0 Å². The fourth-order valence-corrected chi connectivity index (χ4v) is 1.65. The highest BCUT2D eigenvalue weighted by Gasteiger charge is 2.07. The highest BCUT2D eigenvalue weighted by Crippen LogP contribution is 2.35. The molecule has 2 nitrogen and oxygen atoms in total. The first-order valence-corrected chi connectivity index (χ1v) is 6.09. The predicted molar refractivity (Wildman–Crippen MR) is 76.7 cm³/mol. The molecule has 0 saturated heterocycles. The average molecular weight is 285 g/mol. The summed E-state index contributed by atoms with van der Waals surface area (Å²) in [5, 5.41) is 9.74. The average Bonchev–Trinajstić information content (AvgIpc) is 2.36. The third-order valence-electron chi connectivity index (χ3n) is 2.16. The van der Waals surface area contributed by atoms with Crippen LogP contribution in [-0.2, 0) is 0 Å². The summed E-state index contributed by atoms with van der Waals surface area (Å²) in [6, 6.07) is 3.03. The Morgan fingerprint density at radius 1 is 1.39 bits per heavy atom. The standard InChI is InChI=1S/C14H14Cl2O2/c1-3-5-6-10(4-2)9-18-11-7-12(15)14(17)13(16)8-11/h3-8,17H,2,9H2,1H3/b5-3-,10-6+. The summed E-state index contributed by atoms with van der Waals surface area (Å²) in [5.41, 5.74) is 0.924. The van der Waals surface area contributed by atoms with Gasteiger partial charge in [-0.3, -0.25) is 0 Å². The van der Waals surface area contributed by atoms with Crippen LogP contribution in [0.1, 0.15) is 6.92 Å². The van der Waals surface area contributed by atoms with Crippen LogP contribution in [0.4, 0.5) is 0 Å². The molecule has 0 aliphatic heterocycles. The lowest BCUT2D eigenvalue weighted by atomic mass is 10.2. The Bertz CT molecular complexity index is 468. The third kappa shape index (κ3) is 4.13. The van der Waals surface area contributed by atoms with Crippen molar-refractivity contribution in [2.75, 3.05) is 6.61 Å². The first-order valence-electron chi connectivity index (χ1n) is 5.33. The van der Waals surface area contributed by atoms with Gasteiger partial charge in [0, 0.05) is 12.1 Å². The lowest BCUT2D eigenvalue weighted by Crippen LogP contribution is -1.99. The van der Waals surface area contributed by atoms with E-state index in [0.29, 0.717) is 12.4 Å². The van der Waals surface area contributed by atoms with Crippen LogP contribution in [0.25, 0.3) is 0 Å². The molecule has 0 heterocycles. The SMILES string of the molecule is C=C/C(=C\C=C/C)COc1cc(Cl)c(O)c(Cl)c1. The highest BCUT2D eigenvalue weighted by atomic mass is 35.5. The Labute approximate surface area is 117 Å². The van der Waals surface area contributed by atoms with Crippen molar-refractivity contribution in [3.63, 3.8) is 0 Å². The van der Waals surface area contributed by atoms with Gasteiger partial charge in [0.1, 0.15) is 12.4 Å². The van der Waals surface area contributed by atoms with E-state index in [1.165, 1.54) is 12.1 Å². The molecule has 1 N–H and O–H groups in total. The second kappa shape index (κ2) is 7.14. The number of ether oxygens (including phenoxy) is 1. The van der Waals surface area contributed by atoms with Crippen molar-refractivity contribution in [2.45, 2.75) is 6.92 Å². The van der Waals surface area contributed by atoms with Gasteiger partial charge in [0.25, 0.3) is 0 Å². The Kier molecular flexibility index (Phi) is 5.83. The minimum atomic E-state index is -0.140. The third-order valence-corrected chi connectivity index (χ3v) is 2.74. The van der Waals surface area contributed by atoms with Gasteiger partial charge in [-0.1, -0.05) is 54.1 Å². The molecule has 4 heteroatoms. The topological polar surface area (TPSA) is 29.5 Å². The maximum Gasteiger partial charge on any atom is 0.153 e. The van der Waals surface area contributed by atoms with Gasteiger partial charge in [0.15, 0.2) is 5.75 Å². The van der Waals surface area contributed by atoms with Gasteiger partial charge < -0.3 is 9.84 Å².